The molecule has 19 heavy (non-hydrogen) atoms. The summed E-state index contributed by atoms with van der Waals surface area (Å²) in [6.45, 7) is 2.79. The maximum absolute atomic E-state index is 11.2. The van der Waals surface area contributed by atoms with E-state index in [1.54, 1.807) is 0 Å². The van der Waals surface area contributed by atoms with E-state index in [9.17, 15) is 9.90 Å². The number of aromatic amines is 1. The van der Waals surface area contributed by atoms with E-state index in [2.05, 4.69) is 15.3 Å². The van der Waals surface area contributed by atoms with Crippen LogP contribution in [0.25, 0.3) is 11.0 Å². The zero-order chi connectivity index (χ0) is 13.5. The highest BCUT2D eigenvalue weighted by molar-refractivity contribution is 5.80. The van der Waals surface area contributed by atoms with Crippen molar-refractivity contribution in [1.82, 2.24) is 9.97 Å². The van der Waals surface area contributed by atoms with Gasteiger partial charge in [0.15, 0.2) is 0 Å². The van der Waals surface area contributed by atoms with Gasteiger partial charge in [0.1, 0.15) is 11.2 Å². The highest BCUT2D eigenvalue weighted by Crippen LogP contribution is 2.28. The SMILES string of the molecule is Cc1nc2ccc(NCC3(C(=O)O)COC3)cc2[nH]1. The number of carbonyl (C=O) groups is 1. The van der Waals surface area contributed by atoms with Crippen molar-refractivity contribution in [3.8, 4) is 0 Å². The smallest absolute Gasteiger partial charge is 0.316 e. The van der Waals surface area contributed by atoms with Crippen LogP contribution in [0.3, 0.4) is 0 Å². The number of ether oxygens (including phenoxy) is 1. The zero-order valence-electron chi connectivity index (χ0n) is 10.6. The molecule has 2 aromatic rings. The first-order valence-electron chi connectivity index (χ1n) is 6.10. The summed E-state index contributed by atoms with van der Waals surface area (Å²) in [4.78, 5) is 18.7. The molecule has 6 nitrogen and oxygen atoms in total. The molecule has 0 amide bonds. The zero-order valence-corrected chi connectivity index (χ0v) is 10.6. The van der Waals surface area contributed by atoms with Crippen LogP contribution in [0.1, 0.15) is 5.82 Å². The monoisotopic (exact) mass is 261 g/mol. The molecule has 0 saturated carbocycles. The summed E-state index contributed by atoms with van der Waals surface area (Å²) in [6, 6.07) is 5.74. The van der Waals surface area contributed by atoms with E-state index in [0.717, 1.165) is 22.5 Å². The van der Waals surface area contributed by atoms with Gasteiger partial charge in [-0.05, 0) is 25.1 Å². The molecule has 0 atom stereocenters. The van der Waals surface area contributed by atoms with Crippen LogP contribution in [0, 0.1) is 12.3 Å². The minimum atomic E-state index is -0.815. The van der Waals surface area contributed by atoms with Crippen molar-refractivity contribution in [2.45, 2.75) is 6.92 Å². The van der Waals surface area contributed by atoms with Crippen molar-refractivity contribution >= 4 is 22.7 Å². The maximum atomic E-state index is 11.2. The molecule has 0 aliphatic carbocycles. The van der Waals surface area contributed by atoms with Gasteiger partial charge in [0.05, 0.1) is 24.2 Å². The number of aryl methyl sites for hydroxylation is 1. The number of aliphatic carboxylic acids is 1. The lowest BCUT2D eigenvalue weighted by molar-refractivity contribution is -0.176. The number of fused-ring (bicyclic) bond motifs is 1. The number of carboxylic acid groups (broad SMARTS) is 1. The lowest BCUT2D eigenvalue weighted by atomic mass is 9.86. The molecule has 1 aromatic heterocycles. The minimum absolute atomic E-state index is 0.265. The van der Waals surface area contributed by atoms with Crippen LogP contribution in [0.5, 0.6) is 0 Å². The number of anilines is 1. The van der Waals surface area contributed by atoms with E-state index >= 15 is 0 Å². The number of nitrogens with one attached hydrogen (secondary N) is 2. The summed E-state index contributed by atoms with van der Waals surface area (Å²) in [5.74, 6) is 0.0475. The van der Waals surface area contributed by atoms with E-state index in [0.29, 0.717) is 6.54 Å². The number of rotatable bonds is 4. The van der Waals surface area contributed by atoms with Crippen LogP contribution >= 0.6 is 0 Å². The quantitative estimate of drug-likeness (QED) is 0.774. The lowest BCUT2D eigenvalue weighted by Gasteiger charge is -2.37. The highest BCUT2D eigenvalue weighted by atomic mass is 16.5. The Hall–Kier alpha value is -2.08. The van der Waals surface area contributed by atoms with E-state index in [4.69, 9.17) is 4.74 Å². The molecule has 100 valence electrons. The summed E-state index contributed by atoms with van der Waals surface area (Å²) in [6.07, 6.45) is 0. The van der Waals surface area contributed by atoms with Crippen LogP contribution < -0.4 is 5.32 Å². The molecule has 2 heterocycles. The second-order valence-electron chi connectivity index (χ2n) is 4.99. The number of carboxylic acids is 1. The van der Waals surface area contributed by atoms with E-state index < -0.39 is 11.4 Å². The number of imidazole rings is 1. The van der Waals surface area contributed by atoms with Gasteiger partial charge in [-0.1, -0.05) is 0 Å². The predicted octanol–water partition coefficient (Wildman–Crippen LogP) is 1.38. The lowest BCUT2D eigenvalue weighted by Crippen LogP contribution is -2.53. The Balaban J connectivity index is 1.76. The van der Waals surface area contributed by atoms with Gasteiger partial charge in [0, 0.05) is 12.2 Å². The van der Waals surface area contributed by atoms with Crippen molar-refractivity contribution in [2.75, 3.05) is 25.1 Å². The number of nitrogens with zero attached hydrogens (tertiary/aromatic N) is 1. The molecule has 1 fully saturated rings. The molecule has 0 spiro atoms. The Labute approximate surface area is 109 Å². The second-order valence-corrected chi connectivity index (χ2v) is 4.99. The van der Waals surface area contributed by atoms with Gasteiger partial charge in [-0.15, -0.1) is 0 Å². The average Bonchev–Trinajstić information content (AvgIpc) is 2.66. The minimum Gasteiger partial charge on any atom is -0.481 e. The van der Waals surface area contributed by atoms with Crippen molar-refractivity contribution in [2.24, 2.45) is 5.41 Å². The Morgan fingerprint density at radius 3 is 3.00 bits per heavy atom. The number of hydrogen-bond donors (Lipinski definition) is 3. The van der Waals surface area contributed by atoms with Gasteiger partial charge in [-0.3, -0.25) is 4.79 Å². The summed E-state index contributed by atoms with van der Waals surface area (Å²) in [7, 11) is 0. The molecule has 0 bridgehead atoms. The van der Waals surface area contributed by atoms with Gasteiger partial charge >= 0.3 is 5.97 Å². The van der Waals surface area contributed by atoms with Crippen LogP contribution in [0.2, 0.25) is 0 Å². The molecule has 1 saturated heterocycles. The number of benzene rings is 1. The maximum Gasteiger partial charge on any atom is 0.316 e. The van der Waals surface area contributed by atoms with Crippen LogP contribution in [0.4, 0.5) is 5.69 Å². The Morgan fingerprint density at radius 1 is 1.58 bits per heavy atom. The highest BCUT2D eigenvalue weighted by Gasteiger charge is 2.46. The molecule has 6 heteroatoms. The van der Waals surface area contributed by atoms with Gasteiger partial charge in [-0.25, -0.2) is 4.98 Å². The number of aromatic nitrogens is 2. The van der Waals surface area contributed by atoms with E-state index in [1.165, 1.54) is 0 Å². The first-order chi connectivity index (χ1) is 9.09. The van der Waals surface area contributed by atoms with Gasteiger partial charge < -0.3 is 20.1 Å². The van der Waals surface area contributed by atoms with Crippen LogP contribution in [-0.4, -0.2) is 40.8 Å². The van der Waals surface area contributed by atoms with Crippen molar-refractivity contribution in [1.29, 1.82) is 0 Å². The molecule has 0 unspecified atom stereocenters. The fraction of sp³-hybridized carbons (Fsp3) is 0.385. The fourth-order valence-corrected chi connectivity index (χ4v) is 2.17. The van der Waals surface area contributed by atoms with Crippen LogP contribution in [0.15, 0.2) is 18.2 Å². The topological polar surface area (TPSA) is 87.2 Å². The first-order valence-corrected chi connectivity index (χ1v) is 6.10. The van der Waals surface area contributed by atoms with Gasteiger partial charge in [-0.2, -0.15) is 0 Å². The normalized spacial score (nSPS) is 17.1. The third-order valence-electron chi connectivity index (χ3n) is 3.44. The molecule has 3 rings (SSSR count). The van der Waals surface area contributed by atoms with Crippen molar-refractivity contribution in [3.63, 3.8) is 0 Å². The summed E-state index contributed by atoms with van der Waals surface area (Å²) < 4.78 is 5.02. The fourth-order valence-electron chi connectivity index (χ4n) is 2.17. The van der Waals surface area contributed by atoms with E-state index in [-0.39, 0.29) is 13.2 Å². The average molecular weight is 261 g/mol. The third kappa shape index (κ3) is 2.04. The third-order valence-corrected chi connectivity index (χ3v) is 3.44. The second kappa shape index (κ2) is 4.24. The number of hydrogen-bond acceptors (Lipinski definition) is 4. The number of H-pyrrole nitrogens is 1. The molecular formula is C13H15N3O3. The molecular weight excluding hydrogens is 246 g/mol. The summed E-state index contributed by atoms with van der Waals surface area (Å²) in [5, 5.41) is 12.4. The Morgan fingerprint density at radius 2 is 2.37 bits per heavy atom. The summed E-state index contributed by atoms with van der Waals surface area (Å²) >= 11 is 0. The Kier molecular flexibility index (Phi) is 2.67. The van der Waals surface area contributed by atoms with Crippen molar-refractivity contribution in [3.05, 3.63) is 24.0 Å². The molecule has 0 radical (unpaired) electrons. The molecule has 1 aliphatic heterocycles. The predicted molar refractivity (Wildman–Crippen MR) is 70.2 cm³/mol. The molecule has 1 aliphatic rings. The van der Waals surface area contributed by atoms with Gasteiger partial charge in [0.25, 0.3) is 0 Å². The van der Waals surface area contributed by atoms with Gasteiger partial charge in [0.2, 0.25) is 0 Å². The standard InChI is InChI=1S/C13H15N3O3/c1-8-15-10-3-2-9(4-11(10)16-8)14-5-13(12(17)18)6-19-7-13/h2-4,14H,5-7H2,1H3,(H,15,16)(H,17,18). The summed E-state index contributed by atoms with van der Waals surface area (Å²) in [5.41, 5.74) is 1.93. The molecule has 1 aromatic carbocycles. The van der Waals surface area contributed by atoms with Crippen molar-refractivity contribution < 1.29 is 14.6 Å². The largest absolute Gasteiger partial charge is 0.481 e. The molecule has 3 N–H and O–H groups in total. The Bertz CT molecular complexity index is 631. The van der Waals surface area contributed by atoms with Crippen LogP contribution in [-0.2, 0) is 9.53 Å². The first kappa shape index (κ1) is 12.0. The van der Waals surface area contributed by atoms with E-state index in [1.807, 2.05) is 25.1 Å².